The fraction of sp³-hybridized carbons (Fsp3) is 0.333. The molecular formula is C12H16N2O2. The lowest BCUT2D eigenvalue weighted by molar-refractivity contribution is -0.131. The zero-order valence-corrected chi connectivity index (χ0v) is 9.53. The first-order valence-electron chi connectivity index (χ1n) is 5.11. The van der Waals surface area contributed by atoms with Crippen LogP contribution in [0.5, 0.6) is 0 Å². The second kappa shape index (κ2) is 6.02. The Bertz CT molecular complexity index is 400. The fourth-order valence-corrected chi connectivity index (χ4v) is 1.34. The van der Waals surface area contributed by atoms with E-state index < -0.39 is 5.97 Å². The number of aryl methyl sites for hydroxylation is 1. The lowest BCUT2D eigenvalue weighted by Crippen LogP contribution is -2.17. The van der Waals surface area contributed by atoms with Crippen LogP contribution in [-0.4, -0.2) is 22.6 Å². The van der Waals surface area contributed by atoms with Crippen LogP contribution in [0, 0.1) is 6.92 Å². The molecule has 0 fully saturated rings. The van der Waals surface area contributed by atoms with Crippen LogP contribution in [0.1, 0.15) is 18.2 Å². The van der Waals surface area contributed by atoms with E-state index in [4.69, 9.17) is 5.11 Å². The Morgan fingerprint density at radius 1 is 1.62 bits per heavy atom. The molecule has 2 N–H and O–H groups in total. The minimum atomic E-state index is -0.909. The van der Waals surface area contributed by atoms with E-state index in [2.05, 4.69) is 10.3 Å². The number of carbonyl (C=O) groups is 1. The van der Waals surface area contributed by atoms with Crippen molar-refractivity contribution in [2.45, 2.75) is 20.4 Å². The number of rotatable bonds is 5. The number of nitrogens with zero attached hydrogens (tertiary/aromatic N) is 1. The van der Waals surface area contributed by atoms with Gasteiger partial charge in [-0.25, -0.2) is 4.79 Å². The molecule has 1 aromatic heterocycles. The van der Waals surface area contributed by atoms with Gasteiger partial charge in [-0.2, -0.15) is 0 Å². The molecule has 0 saturated carbocycles. The van der Waals surface area contributed by atoms with Crippen molar-refractivity contribution in [1.29, 1.82) is 0 Å². The third kappa shape index (κ3) is 4.23. The summed E-state index contributed by atoms with van der Waals surface area (Å²) < 4.78 is 0. The van der Waals surface area contributed by atoms with Gasteiger partial charge in [0.1, 0.15) is 0 Å². The van der Waals surface area contributed by atoms with Gasteiger partial charge in [0.15, 0.2) is 0 Å². The first-order valence-corrected chi connectivity index (χ1v) is 5.11. The van der Waals surface area contributed by atoms with Gasteiger partial charge in [-0.1, -0.05) is 11.6 Å². The highest BCUT2D eigenvalue weighted by atomic mass is 16.4. The maximum atomic E-state index is 10.4. The van der Waals surface area contributed by atoms with Crippen LogP contribution in [0.2, 0.25) is 0 Å². The summed E-state index contributed by atoms with van der Waals surface area (Å²) in [5.74, 6) is -0.909. The van der Waals surface area contributed by atoms with Crippen LogP contribution < -0.4 is 5.32 Å². The van der Waals surface area contributed by atoms with Gasteiger partial charge in [-0.05, 0) is 25.5 Å². The molecule has 0 aliphatic rings. The molecule has 0 bridgehead atoms. The summed E-state index contributed by atoms with van der Waals surface area (Å²) in [6.45, 7) is 5.00. The molecule has 0 amide bonds. The fourth-order valence-electron chi connectivity index (χ4n) is 1.34. The molecule has 4 nitrogen and oxygen atoms in total. The summed E-state index contributed by atoms with van der Waals surface area (Å²) in [4.78, 5) is 14.6. The van der Waals surface area contributed by atoms with E-state index in [1.54, 1.807) is 13.1 Å². The van der Waals surface area contributed by atoms with Crippen LogP contribution in [0.4, 0.5) is 0 Å². The first kappa shape index (κ1) is 12.4. The average molecular weight is 220 g/mol. The molecule has 0 aliphatic heterocycles. The quantitative estimate of drug-likeness (QED) is 0.738. The minimum absolute atomic E-state index is 0.558. The Labute approximate surface area is 95.0 Å². The van der Waals surface area contributed by atoms with Gasteiger partial charge < -0.3 is 10.4 Å². The van der Waals surface area contributed by atoms with E-state index in [1.165, 1.54) is 6.08 Å². The summed E-state index contributed by atoms with van der Waals surface area (Å²) in [7, 11) is 0. The van der Waals surface area contributed by atoms with Crippen molar-refractivity contribution in [2.24, 2.45) is 0 Å². The van der Waals surface area contributed by atoms with E-state index in [0.717, 1.165) is 16.8 Å². The van der Waals surface area contributed by atoms with Gasteiger partial charge in [-0.3, -0.25) is 4.98 Å². The van der Waals surface area contributed by atoms with Crippen LogP contribution in [0.25, 0.3) is 0 Å². The first-order chi connectivity index (χ1) is 7.59. The van der Waals surface area contributed by atoms with Gasteiger partial charge >= 0.3 is 5.97 Å². The van der Waals surface area contributed by atoms with Crippen LogP contribution in [0.3, 0.4) is 0 Å². The predicted molar refractivity (Wildman–Crippen MR) is 62.1 cm³/mol. The van der Waals surface area contributed by atoms with E-state index in [-0.39, 0.29) is 0 Å². The van der Waals surface area contributed by atoms with Crippen molar-refractivity contribution < 1.29 is 9.90 Å². The molecule has 0 unspecified atom stereocenters. The van der Waals surface area contributed by atoms with Gasteiger partial charge in [0.05, 0.1) is 5.69 Å². The summed E-state index contributed by atoms with van der Waals surface area (Å²) in [5.41, 5.74) is 2.92. The van der Waals surface area contributed by atoms with Crippen molar-refractivity contribution >= 4 is 5.97 Å². The number of carboxylic acid groups (broad SMARTS) is 1. The summed E-state index contributed by atoms with van der Waals surface area (Å²) >= 11 is 0. The van der Waals surface area contributed by atoms with E-state index >= 15 is 0 Å². The maximum Gasteiger partial charge on any atom is 0.328 e. The molecule has 0 spiro atoms. The van der Waals surface area contributed by atoms with Crippen molar-refractivity contribution in [1.82, 2.24) is 10.3 Å². The minimum Gasteiger partial charge on any atom is -0.478 e. The maximum absolute atomic E-state index is 10.4. The van der Waals surface area contributed by atoms with Crippen molar-refractivity contribution in [3.8, 4) is 0 Å². The molecule has 4 heteroatoms. The number of hydrogen-bond donors (Lipinski definition) is 2. The summed E-state index contributed by atoms with van der Waals surface area (Å²) in [5, 5.41) is 11.7. The van der Waals surface area contributed by atoms with Crippen molar-refractivity contribution in [2.75, 3.05) is 6.54 Å². The SMILES string of the molecule is C/C(=C/C(=O)O)CNCc1ncccc1C. The molecule has 0 radical (unpaired) electrons. The molecule has 1 heterocycles. The lowest BCUT2D eigenvalue weighted by Gasteiger charge is -2.06. The Morgan fingerprint density at radius 3 is 3.00 bits per heavy atom. The second-order valence-electron chi connectivity index (χ2n) is 3.70. The van der Waals surface area contributed by atoms with Gasteiger partial charge in [-0.15, -0.1) is 0 Å². The lowest BCUT2D eigenvalue weighted by atomic mass is 10.2. The van der Waals surface area contributed by atoms with E-state index in [1.807, 2.05) is 19.1 Å². The molecule has 0 saturated heterocycles. The normalized spacial score (nSPS) is 11.5. The topological polar surface area (TPSA) is 62.2 Å². The Kier molecular flexibility index (Phi) is 4.66. The number of carboxylic acids is 1. The highest BCUT2D eigenvalue weighted by Gasteiger charge is 1.98. The van der Waals surface area contributed by atoms with Gasteiger partial charge in [0.25, 0.3) is 0 Å². The number of nitrogens with one attached hydrogen (secondary N) is 1. The molecule has 0 atom stereocenters. The molecule has 86 valence electrons. The zero-order valence-electron chi connectivity index (χ0n) is 9.53. The van der Waals surface area contributed by atoms with Gasteiger partial charge in [0, 0.05) is 25.4 Å². The summed E-state index contributed by atoms with van der Waals surface area (Å²) in [6, 6.07) is 3.90. The molecule has 0 aliphatic carbocycles. The van der Waals surface area contributed by atoms with Crippen LogP contribution in [-0.2, 0) is 11.3 Å². The van der Waals surface area contributed by atoms with Crippen molar-refractivity contribution in [3.05, 3.63) is 41.2 Å². The third-order valence-electron chi connectivity index (χ3n) is 2.18. The highest BCUT2D eigenvalue weighted by molar-refractivity contribution is 5.80. The number of pyridine rings is 1. The smallest absolute Gasteiger partial charge is 0.328 e. The van der Waals surface area contributed by atoms with Gasteiger partial charge in [0.2, 0.25) is 0 Å². The zero-order chi connectivity index (χ0) is 12.0. The van der Waals surface area contributed by atoms with E-state index in [0.29, 0.717) is 13.1 Å². The molecule has 1 rings (SSSR count). The number of hydrogen-bond acceptors (Lipinski definition) is 3. The van der Waals surface area contributed by atoms with Crippen LogP contribution in [0.15, 0.2) is 30.0 Å². The largest absolute Gasteiger partial charge is 0.478 e. The monoisotopic (exact) mass is 220 g/mol. The van der Waals surface area contributed by atoms with Crippen LogP contribution >= 0.6 is 0 Å². The summed E-state index contributed by atoms with van der Waals surface area (Å²) in [6.07, 6.45) is 2.96. The predicted octanol–water partition coefficient (Wildman–Crippen LogP) is 1.51. The third-order valence-corrected chi connectivity index (χ3v) is 2.18. The molecule has 1 aromatic rings. The Balaban J connectivity index is 2.42. The van der Waals surface area contributed by atoms with Crippen molar-refractivity contribution in [3.63, 3.8) is 0 Å². The van der Waals surface area contributed by atoms with E-state index in [9.17, 15) is 4.79 Å². The Morgan fingerprint density at radius 2 is 2.38 bits per heavy atom. The Hall–Kier alpha value is -1.68. The molecule has 16 heavy (non-hydrogen) atoms. The molecular weight excluding hydrogens is 204 g/mol. The number of aromatic nitrogens is 1. The molecule has 0 aromatic carbocycles. The number of aliphatic carboxylic acids is 1. The highest BCUT2D eigenvalue weighted by Crippen LogP contribution is 2.02. The average Bonchev–Trinajstić information content (AvgIpc) is 2.19. The standard InChI is InChI=1S/C12H16N2O2/c1-9(6-12(15)16)7-13-8-11-10(2)4-3-5-14-11/h3-6,13H,7-8H2,1-2H3,(H,15,16)/b9-6-. The second-order valence-corrected chi connectivity index (χ2v) is 3.70.